The third-order valence-corrected chi connectivity index (χ3v) is 23.5. The third-order valence-electron chi connectivity index (χ3n) is 22.1. The van der Waals surface area contributed by atoms with Crippen LogP contribution in [-0.2, 0) is 53.0 Å². The van der Waals surface area contributed by atoms with Crippen molar-refractivity contribution in [2.75, 3.05) is 0 Å². The summed E-state index contributed by atoms with van der Waals surface area (Å²) in [5, 5.41) is 2.87. The van der Waals surface area contributed by atoms with Gasteiger partial charge in [0, 0.05) is 22.3 Å². The molecule has 1 aliphatic heterocycles. The number of allylic oxidation sites excluding steroid dienone is 2. The van der Waals surface area contributed by atoms with Crippen LogP contribution in [0.2, 0.25) is 10.8 Å². The quantitative estimate of drug-likeness (QED) is 0.0358. The van der Waals surface area contributed by atoms with Gasteiger partial charge in [-0.3, -0.25) is 0 Å². The minimum atomic E-state index is 1.02. The van der Waals surface area contributed by atoms with E-state index >= 15 is 0 Å². The molecule has 0 saturated heterocycles. The SMILES string of the molecule is CCCCCCC1=C(c2cc(CCC)c(CCC)c(CCC)c2)[N+](=[N-])C(c2cc(CCC)c(CCC)c(CCC)c2)=C1CCCC.CCCCCCCCCCCCCCCCCCCCCCCCC[CH2][Ni][CH2]CCCCCCCCCCCCCCCCCCCCCCCCC. The predicted octanol–water partition coefficient (Wildman–Crippen LogP) is 34.4. The number of benzene rings is 2. The van der Waals surface area contributed by atoms with E-state index in [1.54, 1.807) is 15.8 Å². The summed E-state index contributed by atoms with van der Waals surface area (Å²) < 4.78 is 1.67. The van der Waals surface area contributed by atoms with Gasteiger partial charge in [0.25, 0.3) is 0 Å². The Morgan fingerprint density at radius 1 is 0.212 bits per heavy atom. The summed E-state index contributed by atoms with van der Waals surface area (Å²) >= 11 is 2.05. The number of unbranched alkanes of at least 4 members (excludes halogenated alkanes) is 50. The fourth-order valence-electron chi connectivity index (χ4n) is 16.2. The molecule has 3 heteroatoms. The van der Waals surface area contributed by atoms with Gasteiger partial charge in [-0.15, -0.1) is 0 Å². The zero-order chi connectivity index (χ0) is 71.5. The zero-order valence-electron chi connectivity index (χ0n) is 69.0. The fraction of sp³-hybridized carbons (Fsp3) is 0.833. The van der Waals surface area contributed by atoms with E-state index in [9.17, 15) is 5.53 Å². The summed E-state index contributed by atoms with van der Waals surface area (Å²) in [5.41, 5.74) is 29.1. The Morgan fingerprint density at radius 2 is 0.404 bits per heavy atom. The Kier molecular flexibility index (Phi) is 65.0. The maximum absolute atomic E-state index is 12.5. The van der Waals surface area contributed by atoms with Gasteiger partial charge < -0.3 is 5.53 Å². The minimum absolute atomic E-state index is 1.02. The first-order chi connectivity index (χ1) is 48.8. The fourth-order valence-corrected chi connectivity index (χ4v) is 17.4. The summed E-state index contributed by atoms with van der Waals surface area (Å²) in [6, 6.07) is 9.86. The third kappa shape index (κ3) is 45.9. The van der Waals surface area contributed by atoms with E-state index < -0.39 is 0 Å². The van der Waals surface area contributed by atoms with Crippen LogP contribution in [0, 0.1) is 0 Å². The van der Waals surface area contributed by atoms with Gasteiger partial charge in [-0.25, -0.2) is 4.70 Å². The standard InChI is InChI=1S/C44H68N2.2C26H53.Ni/c1-9-17-19-20-28-42-41(27-18-10-2)43(37-29-33(21-11-3)39(25-15-7)34(30-37)22-12-4)46(45)44(42)38-31-35(23-13-5)40(26-16-8)36(32-38)24-14-6;2*1-3-5-7-9-11-13-15-17-19-21-23-25-26-24-22-20-18-16-14-12-10-8-6-4-2;/h29-32H,9-28H2,1-8H3;2*1,3-26H2,2H3;. The van der Waals surface area contributed by atoms with Crippen molar-refractivity contribution in [3.8, 4) is 0 Å². The molecule has 0 spiro atoms. The molecule has 2 nitrogen and oxygen atoms in total. The number of aryl methyl sites for hydroxylation is 4. The molecule has 0 atom stereocenters. The van der Waals surface area contributed by atoms with Crippen LogP contribution in [0.15, 0.2) is 35.4 Å². The summed E-state index contributed by atoms with van der Waals surface area (Å²) in [7, 11) is 0. The van der Waals surface area contributed by atoms with Crippen molar-refractivity contribution in [3.05, 3.63) is 85.5 Å². The van der Waals surface area contributed by atoms with Crippen LogP contribution in [0.4, 0.5) is 0 Å². The molecule has 0 radical (unpaired) electrons. The average Bonchev–Trinajstić information content (AvgIpc) is 1.62. The van der Waals surface area contributed by atoms with Crippen LogP contribution in [0.25, 0.3) is 16.9 Å². The predicted molar refractivity (Wildman–Crippen MR) is 445 cm³/mol. The van der Waals surface area contributed by atoms with Gasteiger partial charge in [0.05, 0.1) is 0 Å². The van der Waals surface area contributed by atoms with Crippen LogP contribution < -0.4 is 0 Å². The van der Waals surface area contributed by atoms with Crippen molar-refractivity contribution in [1.29, 1.82) is 0 Å². The van der Waals surface area contributed by atoms with E-state index in [1.807, 2.05) is 0 Å². The first-order valence-corrected chi connectivity index (χ1v) is 47.0. The summed E-state index contributed by atoms with van der Waals surface area (Å²) in [5.74, 6) is 0. The second-order valence-corrected chi connectivity index (χ2v) is 33.1. The molecule has 1 aliphatic rings. The normalized spacial score (nSPS) is 12.6. The molecule has 0 amide bonds. The minimum Gasteiger partial charge on any atom is -0.0654 e. The molecule has 99 heavy (non-hydrogen) atoms. The van der Waals surface area contributed by atoms with Crippen LogP contribution in [0.5, 0.6) is 0 Å². The van der Waals surface area contributed by atoms with Crippen molar-refractivity contribution in [3.63, 3.8) is 0 Å². The van der Waals surface area contributed by atoms with Crippen molar-refractivity contribution >= 4 is 11.4 Å². The molecule has 2 aromatic rings. The van der Waals surface area contributed by atoms with Crippen LogP contribution in [0.3, 0.4) is 0 Å². The van der Waals surface area contributed by atoms with Crippen molar-refractivity contribution < 1.29 is 19.1 Å². The molecule has 0 unspecified atom stereocenters. The zero-order valence-corrected chi connectivity index (χ0v) is 70.0. The van der Waals surface area contributed by atoms with Gasteiger partial charge in [-0.1, -0.05) is 300 Å². The molecular formula is C96H174N2Ni. The number of hydrogen-bond acceptors (Lipinski definition) is 0. The Hall–Kier alpha value is -1.99. The van der Waals surface area contributed by atoms with E-state index in [2.05, 4.69) is 108 Å². The van der Waals surface area contributed by atoms with Crippen LogP contribution >= 0.6 is 0 Å². The summed E-state index contributed by atoms with van der Waals surface area (Å²) in [6.07, 6.45) is 94.1. The second-order valence-electron chi connectivity index (χ2n) is 31.7. The Balaban J connectivity index is 0.000000679. The van der Waals surface area contributed by atoms with Gasteiger partial charge in [-0.05, 0) is 122 Å². The maximum atomic E-state index is 12.5. The number of rotatable bonds is 72. The molecule has 0 bridgehead atoms. The van der Waals surface area contributed by atoms with Crippen molar-refractivity contribution in [2.24, 2.45) is 0 Å². The van der Waals surface area contributed by atoms with Gasteiger partial charge in [0.1, 0.15) is 0 Å². The summed E-state index contributed by atoms with van der Waals surface area (Å²) in [4.78, 5) is 0. The first kappa shape index (κ1) is 93.1. The first-order valence-electron chi connectivity index (χ1n) is 45.6. The van der Waals surface area contributed by atoms with E-state index in [0.717, 1.165) is 101 Å². The molecule has 2 aromatic carbocycles. The summed E-state index contributed by atoms with van der Waals surface area (Å²) in [6.45, 7) is 23.1. The van der Waals surface area contributed by atoms with Gasteiger partial charge in [0.15, 0.2) is 0 Å². The smallest absolute Gasteiger partial charge is 0.0654 e. The Bertz CT molecular complexity index is 2110. The van der Waals surface area contributed by atoms with E-state index in [-0.39, 0.29) is 0 Å². The Labute approximate surface area is 628 Å². The number of hydrogen-bond donors (Lipinski definition) is 0. The molecule has 0 saturated carbocycles. The second kappa shape index (κ2) is 69.1. The van der Waals surface area contributed by atoms with E-state index in [4.69, 9.17) is 0 Å². The number of nitrogens with zero attached hydrogens (tertiary/aromatic N) is 2. The molecule has 0 aliphatic carbocycles. The van der Waals surface area contributed by atoms with Crippen molar-refractivity contribution in [2.45, 2.75) is 517 Å². The van der Waals surface area contributed by atoms with Gasteiger partial charge >= 0.3 is 166 Å². The molecule has 0 aromatic heterocycles. The van der Waals surface area contributed by atoms with Gasteiger partial charge in [0.2, 0.25) is 11.4 Å². The molecular weight excluding hydrogens is 1240 g/mol. The Morgan fingerprint density at radius 3 is 0.616 bits per heavy atom. The van der Waals surface area contributed by atoms with Crippen molar-refractivity contribution in [1.82, 2.24) is 0 Å². The van der Waals surface area contributed by atoms with Crippen LogP contribution in [-0.4, -0.2) is 4.70 Å². The molecule has 578 valence electrons. The molecule has 0 N–H and O–H groups in total. The molecule has 0 fully saturated rings. The van der Waals surface area contributed by atoms with E-state index in [0.29, 0.717) is 0 Å². The monoisotopic (exact) mass is 1410 g/mol. The topological polar surface area (TPSA) is 25.3 Å². The van der Waals surface area contributed by atoms with E-state index in [1.165, 1.54) is 402 Å². The average molecular weight is 1420 g/mol. The molecule has 3 rings (SSSR count). The van der Waals surface area contributed by atoms with Crippen LogP contribution in [0.1, 0.15) is 512 Å². The van der Waals surface area contributed by atoms with Gasteiger partial charge in [-0.2, -0.15) is 0 Å². The molecule has 1 heterocycles.